The fourth-order valence-electron chi connectivity index (χ4n) is 3.06. The largest absolute Gasteiger partial charge is 0.282 e. The highest BCUT2D eigenvalue weighted by atomic mass is 35.5. The molecule has 0 aliphatic heterocycles. The van der Waals surface area contributed by atoms with E-state index in [1.165, 1.54) is 46.4 Å². The second-order valence-electron chi connectivity index (χ2n) is 6.72. The van der Waals surface area contributed by atoms with E-state index >= 15 is 0 Å². The van der Waals surface area contributed by atoms with E-state index in [1.807, 2.05) is 0 Å². The lowest BCUT2D eigenvalue weighted by molar-refractivity contribution is 0.412. The van der Waals surface area contributed by atoms with Crippen molar-refractivity contribution in [2.24, 2.45) is 0 Å². The smallest absolute Gasteiger partial charge is 0.267 e. The van der Waals surface area contributed by atoms with Crippen LogP contribution in [0.15, 0.2) is 9.59 Å². The maximum Gasteiger partial charge on any atom is 0.282 e. The summed E-state index contributed by atoms with van der Waals surface area (Å²) in [5, 5.41) is -0.0453. The Kier molecular flexibility index (Phi) is 10.4. The molecule has 158 valence electrons. The fraction of sp³-hybridized carbons (Fsp3) is 0.667. The Balaban J connectivity index is 2.02. The average Bonchev–Trinajstić information content (AvgIpc) is 3.08. The average molecular weight is 506 g/mol. The van der Waals surface area contributed by atoms with Gasteiger partial charge in [0.1, 0.15) is 24.9 Å². The van der Waals surface area contributed by atoms with Gasteiger partial charge in [-0.3, -0.25) is 9.59 Å². The Bertz CT molecular complexity index is 812. The van der Waals surface area contributed by atoms with Gasteiger partial charge >= 0.3 is 0 Å². The van der Waals surface area contributed by atoms with Gasteiger partial charge in [-0.15, -0.1) is 0 Å². The summed E-state index contributed by atoms with van der Waals surface area (Å²) >= 11 is 26.1. The first-order valence-electron chi connectivity index (χ1n) is 9.52. The number of hydrogen-bond acceptors (Lipinski definition) is 4. The second-order valence-corrected chi connectivity index (χ2v) is 10.6. The highest BCUT2D eigenvalue weighted by Gasteiger charge is 2.25. The zero-order chi connectivity index (χ0) is 20.7. The van der Waals surface area contributed by atoms with Crippen molar-refractivity contribution >= 4 is 69.5 Å². The van der Waals surface area contributed by atoms with Crippen molar-refractivity contribution < 1.29 is 0 Å². The van der Waals surface area contributed by atoms with Gasteiger partial charge < -0.3 is 0 Å². The Morgan fingerprint density at radius 2 is 1.11 bits per heavy atom. The van der Waals surface area contributed by atoms with Gasteiger partial charge in [-0.2, -0.15) is 0 Å². The SMILES string of the molecule is CCCCCCCCCCCC(n1sc(Cl)c(Cl)c1=O)n1sc(Cl)c(Cl)c1=O. The van der Waals surface area contributed by atoms with Crippen LogP contribution in [0.3, 0.4) is 0 Å². The number of nitrogens with zero attached hydrogens (tertiary/aromatic N) is 2. The molecule has 0 N–H and O–H groups in total. The molecule has 0 amide bonds. The van der Waals surface area contributed by atoms with E-state index in [2.05, 4.69) is 6.92 Å². The maximum absolute atomic E-state index is 12.4. The molecule has 0 saturated heterocycles. The third-order valence-corrected chi connectivity index (χ3v) is 8.44. The first-order chi connectivity index (χ1) is 13.4. The predicted molar refractivity (Wildman–Crippen MR) is 123 cm³/mol. The van der Waals surface area contributed by atoms with Gasteiger partial charge in [0.15, 0.2) is 0 Å². The van der Waals surface area contributed by atoms with Crippen molar-refractivity contribution in [3.8, 4) is 0 Å². The van der Waals surface area contributed by atoms with Gasteiger partial charge in [0.25, 0.3) is 11.1 Å². The first kappa shape index (κ1) is 24.3. The van der Waals surface area contributed by atoms with Crippen LogP contribution in [0.25, 0.3) is 0 Å². The van der Waals surface area contributed by atoms with E-state index < -0.39 is 17.3 Å². The zero-order valence-corrected chi connectivity index (χ0v) is 20.3. The summed E-state index contributed by atoms with van der Waals surface area (Å²) in [5.74, 6) is 0. The lowest BCUT2D eigenvalue weighted by atomic mass is 10.1. The van der Waals surface area contributed by atoms with Crippen LogP contribution in [0.1, 0.15) is 77.3 Å². The summed E-state index contributed by atoms with van der Waals surface area (Å²) in [4.78, 5) is 24.9. The van der Waals surface area contributed by atoms with Crippen molar-refractivity contribution in [3.63, 3.8) is 0 Å². The molecule has 10 heteroatoms. The predicted octanol–water partition coefficient (Wildman–Crippen LogP) is 7.71. The minimum Gasteiger partial charge on any atom is -0.267 e. The minimum absolute atomic E-state index is 0.0226. The molecular weight excluding hydrogens is 482 g/mol. The van der Waals surface area contributed by atoms with E-state index in [0.29, 0.717) is 6.42 Å². The number of hydrogen-bond donors (Lipinski definition) is 0. The van der Waals surface area contributed by atoms with Gasteiger partial charge in [-0.25, -0.2) is 7.91 Å². The van der Waals surface area contributed by atoms with E-state index in [-0.39, 0.29) is 18.7 Å². The zero-order valence-electron chi connectivity index (χ0n) is 15.7. The number of unbranched alkanes of at least 4 members (excludes halogenated alkanes) is 8. The lowest BCUT2D eigenvalue weighted by Crippen LogP contribution is -2.29. The van der Waals surface area contributed by atoms with Crippen molar-refractivity contribution in [1.82, 2.24) is 7.91 Å². The molecule has 0 atom stereocenters. The highest BCUT2D eigenvalue weighted by molar-refractivity contribution is 7.12. The van der Waals surface area contributed by atoms with Crippen LogP contribution in [0, 0.1) is 0 Å². The van der Waals surface area contributed by atoms with E-state index in [0.717, 1.165) is 42.3 Å². The number of rotatable bonds is 12. The van der Waals surface area contributed by atoms with Crippen molar-refractivity contribution in [2.45, 2.75) is 77.3 Å². The molecule has 2 rings (SSSR count). The molecule has 0 aliphatic carbocycles. The standard InChI is InChI=1S/C18H24Cl4N2O2S2/c1-2-3-4-5-6-7-8-9-10-11-12(23-17(25)13(19)15(21)27-23)24-18(26)14(20)16(22)28-24/h12H,2-11H2,1H3. The fourth-order valence-corrected chi connectivity index (χ4v) is 5.89. The Labute approximate surface area is 193 Å². The Morgan fingerprint density at radius 1 is 0.714 bits per heavy atom. The molecule has 4 nitrogen and oxygen atoms in total. The van der Waals surface area contributed by atoms with Gasteiger partial charge in [0, 0.05) is 0 Å². The van der Waals surface area contributed by atoms with Crippen LogP contribution in [0.5, 0.6) is 0 Å². The van der Waals surface area contributed by atoms with E-state index in [4.69, 9.17) is 46.4 Å². The third-order valence-electron chi connectivity index (χ3n) is 4.59. The monoisotopic (exact) mass is 504 g/mol. The Hall–Kier alpha value is 0.0200. The van der Waals surface area contributed by atoms with Crippen LogP contribution in [0.4, 0.5) is 0 Å². The molecule has 0 fully saturated rings. The minimum atomic E-state index is -0.519. The normalized spacial score (nSPS) is 11.6. The van der Waals surface area contributed by atoms with Crippen molar-refractivity contribution in [3.05, 3.63) is 39.4 Å². The van der Waals surface area contributed by atoms with Crippen LogP contribution in [-0.4, -0.2) is 7.91 Å². The molecular formula is C18H24Cl4N2O2S2. The number of halogens is 4. The molecule has 0 radical (unpaired) electrons. The van der Waals surface area contributed by atoms with Crippen LogP contribution in [0.2, 0.25) is 18.7 Å². The lowest BCUT2D eigenvalue weighted by Gasteiger charge is -2.17. The van der Waals surface area contributed by atoms with Gasteiger partial charge in [-0.1, -0.05) is 105 Å². The molecule has 0 unspecified atom stereocenters. The molecule has 0 aliphatic rings. The van der Waals surface area contributed by atoms with Crippen LogP contribution >= 0.6 is 69.5 Å². The highest BCUT2D eigenvalue weighted by Crippen LogP contribution is 2.32. The molecule has 2 heterocycles. The van der Waals surface area contributed by atoms with Crippen LogP contribution < -0.4 is 11.1 Å². The topological polar surface area (TPSA) is 44.0 Å². The summed E-state index contributed by atoms with van der Waals surface area (Å²) in [5.41, 5.74) is -0.796. The number of aromatic nitrogens is 2. The molecule has 0 bridgehead atoms. The molecule has 0 saturated carbocycles. The van der Waals surface area contributed by atoms with Crippen molar-refractivity contribution in [2.75, 3.05) is 0 Å². The quantitative estimate of drug-likeness (QED) is 0.277. The van der Waals surface area contributed by atoms with E-state index in [9.17, 15) is 9.59 Å². The molecule has 2 aromatic heterocycles. The first-order valence-corrected chi connectivity index (χ1v) is 12.6. The summed E-state index contributed by atoms with van der Waals surface area (Å²) in [6, 6.07) is 0. The summed E-state index contributed by atoms with van der Waals surface area (Å²) in [6.45, 7) is 2.22. The van der Waals surface area contributed by atoms with Crippen molar-refractivity contribution in [1.29, 1.82) is 0 Å². The molecule has 0 spiro atoms. The van der Waals surface area contributed by atoms with E-state index in [1.54, 1.807) is 0 Å². The van der Waals surface area contributed by atoms with Gasteiger partial charge in [0.05, 0.1) is 0 Å². The third kappa shape index (κ3) is 6.26. The molecule has 2 aromatic rings. The summed E-state index contributed by atoms with van der Waals surface area (Å²) in [7, 11) is 0. The Morgan fingerprint density at radius 3 is 1.46 bits per heavy atom. The second kappa shape index (κ2) is 12.0. The summed E-state index contributed by atoms with van der Waals surface area (Å²) < 4.78 is 3.32. The van der Waals surface area contributed by atoms with Gasteiger partial charge in [0.2, 0.25) is 0 Å². The van der Waals surface area contributed by atoms with Gasteiger partial charge in [-0.05, 0) is 35.9 Å². The molecule has 28 heavy (non-hydrogen) atoms. The molecule has 0 aromatic carbocycles. The summed E-state index contributed by atoms with van der Waals surface area (Å²) in [6.07, 6.45) is 10.8. The van der Waals surface area contributed by atoms with Crippen LogP contribution in [-0.2, 0) is 0 Å². The maximum atomic E-state index is 12.4.